The number of aromatic nitrogens is 2. The Hall–Kier alpha value is -2.36. The molecule has 3 aromatic rings. The van der Waals surface area contributed by atoms with Gasteiger partial charge in [-0.15, -0.1) is 0 Å². The molecule has 0 aliphatic carbocycles. The van der Waals surface area contributed by atoms with Crippen molar-refractivity contribution in [3.05, 3.63) is 69.0 Å². The van der Waals surface area contributed by atoms with E-state index in [1.807, 2.05) is 32.0 Å². The van der Waals surface area contributed by atoms with Crippen molar-refractivity contribution in [1.29, 1.82) is 0 Å². The third-order valence-electron chi connectivity index (χ3n) is 4.64. The first-order chi connectivity index (χ1) is 15.9. The van der Waals surface area contributed by atoms with Crippen molar-refractivity contribution in [3.63, 3.8) is 0 Å². The molecule has 2 N–H and O–H groups in total. The molecule has 0 atom stereocenters. The van der Waals surface area contributed by atoms with E-state index in [1.54, 1.807) is 23.0 Å². The zero-order valence-corrected chi connectivity index (χ0v) is 21.5. The van der Waals surface area contributed by atoms with Gasteiger partial charge in [0.1, 0.15) is 5.82 Å². The normalized spacial score (nSPS) is 10.7. The van der Waals surface area contributed by atoms with Crippen molar-refractivity contribution in [2.24, 2.45) is 0 Å². The summed E-state index contributed by atoms with van der Waals surface area (Å²) in [6.07, 6.45) is 2.48. The van der Waals surface area contributed by atoms with Gasteiger partial charge in [-0.1, -0.05) is 23.7 Å². The molecule has 3 rings (SSSR count). The molecule has 0 fully saturated rings. The molecule has 2 aromatic carbocycles. The minimum atomic E-state index is -0.373. The van der Waals surface area contributed by atoms with Crippen LogP contribution in [0.25, 0.3) is 0 Å². The highest BCUT2D eigenvalue weighted by Gasteiger charge is 2.12. The molecule has 0 amide bonds. The number of nitrogens with zero attached hydrogens (tertiary/aromatic N) is 2. The lowest BCUT2D eigenvalue weighted by Crippen LogP contribution is -2.30. The molecular weight excluding hydrogens is 531 g/mol. The quantitative estimate of drug-likeness (QED) is 0.308. The van der Waals surface area contributed by atoms with Crippen LogP contribution in [-0.2, 0) is 13.0 Å². The molecule has 33 heavy (non-hydrogen) atoms. The highest BCUT2D eigenvalue weighted by atomic mass is 79.9. The molecule has 0 radical (unpaired) electrons. The van der Waals surface area contributed by atoms with Gasteiger partial charge in [-0.2, -0.15) is 5.10 Å². The number of anilines is 1. The third kappa shape index (κ3) is 7.06. The maximum Gasteiger partial charge on any atom is 0.172 e. The van der Waals surface area contributed by atoms with Crippen molar-refractivity contribution in [3.8, 4) is 11.5 Å². The first kappa shape index (κ1) is 25.3. The molecule has 1 heterocycles. The van der Waals surface area contributed by atoms with Crippen molar-refractivity contribution in [1.82, 2.24) is 15.1 Å². The Morgan fingerprint density at radius 3 is 2.67 bits per heavy atom. The number of rotatable bonds is 10. The van der Waals surface area contributed by atoms with Gasteiger partial charge in [-0.25, -0.2) is 4.39 Å². The second-order valence-corrected chi connectivity index (χ2v) is 8.67. The monoisotopic (exact) mass is 554 g/mol. The number of nitrogens with one attached hydrogen (secondary N) is 2. The predicted molar refractivity (Wildman–Crippen MR) is 137 cm³/mol. The number of benzene rings is 2. The van der Waals surface area contributed by atoms with Gasteiger partial charge in [0.15, 0.2) is 22.4 Å². The average molecular weight is 556 g/mol. The Balaban J connectivity index is 1.55. The van der Waals surface area contributed by atoms with Gasteiger partial charge in [0.2, 0.25) is 0 Å². The summed E-state index contributed by atoms with van der Waals surface area (Å²) in [7, 11) is 0. The molecule has 0 saturated heterocycles. The van der Waals surface area contributed by atoms with E-state index < -0.39 is 0 Å². The second-order valence-electron chi connectivity index (χ2n) is 7.00. The van der Waals surface area contributed by atoms with E-state index in [-0.39, 0.29) is 12.4 Å². The number of hydrogen-bond acceptors (Lipinski definition) is 4. The topological polar surface area (TPSA) is 60.3 Å². The fraction of sp³-hybridized carbons (Fsp3) is 0.304. The van der Waals surface area contributed by atoms with E-state index in [0.29, 0.717) is 45.7 Å². The molecular formula is C23H25BrClFN4O2S. The Morgan fingerprint density at radius 1 is 1.18 bits per heavy atom. The largest absolute Gasteiger partial charge is 0.490 e. The van der Waals surface area contributed by atoms with Crippen LogP contribution >= 0.6 is 39.7 Å². The lowest BCUT2D eigenvalue weighted by Gasteiger charge is -2.13. The van der Waals surface area contributed by atoms with Crippen molar-refractivity contribution in [2.45, 2.75) is 26.8 Å². The summed E-state index contributed by atoms with van der Waals surface area (Å²) in [4.78, 5) is 0. The van der Waals surface area contributed by atoms with Crippen LogP contribution in [0.1, 0.15) is 25.0 Å². The maximum absolute atomic E-state index is 14.1. The molecule has 10 heteroatoms. The van der Waals surface area contributed by atoms with Crippen LogP contribution < -0.4 is 20.1 Å². The van der Waals surface area contributed by atoms with Crippen LogP contribution in [0, 0.1) is 5.82 Å². The Morgan fingerprint density at radius 2 is 1.94 bits per heavy atom. The third-order valence-corrected chi connectivity index (χ3v) is 5.82. The maximum atomic E-state index is 14.1. The second kappa shape index (κ2) is 12.2. The molecule has 6 nitrogen and oxygen atoms in total. The SMILES string of the molecule is CCOc1ccc(CCNC(=S)Nc2nn(Cc3c(F)cccc3Cl)cc2Br)cc1OCC. The van der Waals surface area contributed by atoms with E-state index in [0.717, 1.165) is 23.5 Å². The Kier molecular flexibility index (Phi) is 9.34. The average Bonchev–Trinajstić information content (AvgIpc) is 3.11. The molecule has 176 valence electrons. The molecule has 1 aromatic heterocycles. The molecule has 0 unspecified atom stereocenters. The standard InChI is InChI=1S/C23H25BrClFN4O2S/c1-3-31-20-9-8-15(12-21(20)32-4-2)10-11-27-23(33)28-22-17(24)14-30(29-22)13-16-18(25)6-5-7-19(16)26/h5-9,12,14H,3-4,10-11,13H2,1-2H3,(H2,27,28,29,33). The molecule has 0 spiro atoms. The Bertz CT molecular complexity index is 1090. The summed E-state index contributed by atoms with van der Waals surface area (Å²) < 4.78 is 27.6. The van der Waals surface area contributed by atoms with Gasteiger partial charge in [0.05, 0.1) is 24.2 Å². The van der Waals surface area contributed by atoms with E-state index >= 15 is 0 Å². The summed E-state index contributed by atoms with van der Waals surface area (Å²) >= 11 is 15.0. The summed E-state index contributed by atoms with van der Waals surface area (Å²) in [6.45, 7) is 5.86. The van der Waals surface area contributed by atoms with Crippen LogP contribution in [0.4, 0.5) is 10.2 Å². The molecule has 0 saturated carbocycles. The van der Waals surface area contributed by atoms with Gasteiger partial charge in [0, 0.05) is 23.3 Å². The van der Waals surface area contributed by atoms with Crippen LogP contribution in [0.5, 0.6) is 11.5 Å². The minimum Gasteiger partial charge on any atom is -0.490 e. The van der Waals surface area contributed by atoms with Gasteiger partial charge in [-0.05, 0) is 78.2 Å². The molecule has 0 bridgehead atoms. The number of halogens is 3. The van der Waals surface area contributed by atoms with E-state index in [1.165, 1.54) is 6.07 Å². The highest BCUT2D eigenvalue weighted by molar-refractivity contribution is 9.10. The van der Waals surface area contributed by atoms with Crippen molar-refractivity contribution in [2.75, 3.05) is 25.1 Å². The fourth-order valence-corrected chi connectivity index (χ4v) is 3.97. The van der Waals surface area contributed by atoms with E-state index in [9.17, 15) is 4.39 Å². The first-order valence-electron chi connectivity index (χ1n) is 10.5. The Labute approximate surface area is 211 Å². The minimum absolute atomic E-state index is 0.200. The predicted octanol–water partition coefficient (Wildman–Crippen LogP) is 5.81. The van der Waals surface area contributed by atoms with Gasteiger partial charge in [0.25, 0.3) is 0 Å². The van der Waals surface area contributed by atoms with Gasteiger partial charge in [-0.3, -0.25) is 4.68 Å². The van der Waals surface area contributed by atoms with E-state index in [2.05, 4.69) is 31.7 Å². The van der Waals surface area contributed by atoms with Gasteiger partial charge < -0.3 is 20.1 Å². The number of ether oxygens (including phenoxy) is 2. The van der Waals surface area contributed by atoms with E-state index in [4.69, 9.17) is 33.3 Å². The zero-order chi connectivity index (χ0) is 23.8. The van der Waals surface area contributed by atoms with Crippen LogP contribution in [-0.4, -0.2) is 34.7 Å². The lowest BCUT2D eigenvalue weighted by atomic mass is 10.1. The lowest BCUT2D eigenvalue weighted by molar-refractivity contribution is 0.287. The van der Waals surface area contributed by atoms with Crippen LogP contribution in [0.3, 0.4) is 0 Å². The summed E-state index contributed by atoms with van der Waals surface area (Å²) in [5.41, 5.74) is 1.48. The van der Waals surface area contributed by atoms with Crippen molar-refractivity contribution < 1.29 is 13.9 Å². The van der Waals surface area contributed by atoms with Crippen LogP contribution in [0.15, 0.2) is 47.1 Å². The summed E-state index contributed by atoms with van der Waals surface area (Å²) in [5, 5.41) is 11.4. The number of thiocarbonyl (C=S) groups is 1. The van der Waals surface area contributed by atoms with Gasteiger partial charge >= 0.3 is 0 Å². The summed E-state index contributed by atoms with van der Waals surface area (Å²) in [5.74, 6) is 1.63. The summed E-state index contributed by atoms with van der Waals surface area (Å²) in [6, 6.07) is 10.5. The zero-order valence-electron chi connectivity index (χ0n) is 18.3. The van der Waals surface area contributed by atoms with Crippen LogP contribution in [0.2, 0.25) is 5.02 Å². The number of hydrogen-bond donors (Lipinski definition) is 2. The smallest absolute Gasteiger partial charge is 0.172 e. The highest BCUT2D eigenvalue weighted by Crippen LogP contribution is 2.29. The molecule has 0 aliphatic heterocycles. The molecule has 0 aliphatic rings. The van der Waals surface area contributed by atoms with Crippen molar-refractivity contribution >= 4 is 50.7 Å². The first-order valence-corrected chi connectivity index (χ1v) is 12.1. The fourth-order valence-electron chi connectivity index (χ4n) is 3.13.